The maximum absolute atomic E-state index is 2.25. The molecule has 0 nitrogen and oxygen atoms in total. The van der Waals surface area contributed by atoms with Gasteiger partial charge < -0.3 is 0 Å². The summed E-state index contributed by atoms with van der Waals surface area (Å²) in [6.07, 6.45) is 15.6. The van der Waals surface area contributed by atoms with Crippen LogP contribution >= 0.6 is 0 Å². The van der Waals surface area contributed by atoms with Crippen molar-refractivity contribution in [1.29, 1.82) is 0 Å². The molecule has 2 rings (SSSR count). The molecule has 2 aliphatic rings. The molecule has 12 heavy (non-hydrogen) atoms. The molecule has 2 heteroatoms. The molecule has 2 aliphatic carbocycles. The first kappa shape index (κ1) is 9.86. The molecule has 0 aromatic heterocycles. The second kappa shape index (κ2) is 4.72. The normalized spacial score (nSPS) is 19.0. The van der Waals surface area contributed by atoms with Crippen LogP contribution in [0.15, 0.2) is 46.8 Å². The van der Waals surface area contributed by atoms with E-state index in [0.717, 1.165) is 9.52 Å². The molecular weight excluding hydrogens is 155 g/mol. The van der Waals surface area contributed by atoms with Crippen molar-refractivity contribution in [3.8, 4) is 0 Å². The Bertz CT molecular complexity index is 244. The van der Waals surface area contributed by atoms with E-state index >= 15 is 0 Å². The SMILES string of the molecule is C1=CCC([Si]C2=CC=CC2)=C1.[Li+]. The van der Waals surface area contributed by atoms with Crippen molar-refractivity contribution in [3.63, 3.8) is 0 Å². The van der Waals surface area contributed by atoms with Crippen molar-refractivity contribution in [2.45, 2.75) is 12.8 Å². The first-order valence-corrected chi connectivity index (χ1v) is 4.93. The van der Waals surface area contributed by atoms with Gasteiger partial charge in [-0.3, -0.25) is 0 Å². The van der Waals surface area contributed by atoms with Crippen LogP contribution in [0.25, 0.3) is 0 Å². The Morgan fingerprint density at radius 2 is 1.42 bits per heavy atom. The second-order valence-corrected chi connectivity index (χ2v) is 4.31. The van der Waals surface area contributed by atoms with Crippen LogP contribution in [0.5, 0.6) is 0 Å². The minimum atomic E-state index is 0. The van der Waals surface area contributed by atoms with Crippen molar-refractivity contribution in [2.24, 2.45) is 0 Å². The third-order valence-electron chi connectivity index (χ3n) is 1.86. The summed E-state index contributed by atoms with van der Waals surface area (Å²) < 4.78 is 0. The summed E-state index contributed by atoms with van der Waals surface area (Å²) in [5.74, 6) is 0. The van der Waals surface area contributed by atoms with Gasteiger partial charge in [0, 0.05) is 0 Å². The van der Waals surface area contributed by atoms with Gasteiger partial charge in [-0.05, 0) is 12.8 Å². The van der Waals surface area contributed by atoms with E-state index < -0.39 is 0 Å². The third kappa shape index (κ3) is 2.38. The summed E-state index contributed by atoms with van der Waals surface area (Å²) in [5, 5.41) is 3.17. The maximum atomic E-state index is 2.25. The van der Waals surface area contributed by atoms with E-state index in [1.54, 1.807) is 10.4 Å². The van der Waals surface area contributed by atoms with E-state index in [1.165, 1.54) is 12.8 Å². The summed E-state index contributed by atoms with van der Waals surface area (Å²) in [5.41, 5.74) is 0. The quantitative estimate of drug-likeness (QED) is 0.478. The monoisotopic (exact) mass is 165 g/mol. The Kier molecular flexibility index (Phi) is 3.87. The maximum Gasteiger partial charge on any atom is 1.00 e. The van der Waals surface area contributed by atoms with Gasteiger partial charge in [-0.15, -0.1) is 0 Å². The van der Waals surface area contributed by atoms with Crippen LogP contribution in [0.2, 0.25) is 0 Å². The van der Waals surface area contributed by atoms with Gasteiger partial charge in [-0.2, -0.15) is 0 Å². The van der Waals surface area contributed by atoms with Gasteiger partial charge in [0.05, 0.1) is 0 Å². The van der Waals surface area contributed by atoms with Gasteiger partial charge >= 0.3 is 18.9 Å². The molecule has 0 N–H and O–H groups in total. The molecule has 0 saturated carbocycles. The van der Waals surface area contributed by atoms with Crippen LogP contribution in [0.1, 0.15) is 12.8 Å². The minimum absolute atomic E-state index is 0. The van der Waals surface area contributed by atoms with Crippen LogP contribution in [0.4, 0.5) is 0 Å². The van der Waals surface area contributed by atoms with E-state index in [2.05, 4.69) is 36.5 Å². The molecule has 0 unspecified atom stereocenters. The first-order valence-electron chi connectivity index (χ1n) is 3.93. The molecule has 0 bridgehead atoms. The van der Waals surface area contributed by atoms with Gasteiger partial charge in [-0.25, -0.2) is 0 Å². The van der Waals surface area contributed by atoms with E-state index in [0.29, 0.717) is 0 Å². The zero-order valence-electron chi connectivity index (χ0n) is 7.38. The number of rotatable bonds is 2. The van der Waals surface area contributed by atoms with E-state index in [1.807, 2.05) is 0 Å². The van der Waals surface area contributed by atoms with Gasteiger partial charge in [0.1, 0.15) is 9.52 Å². The Morgan fingerprint density at radius 1 is 0.917 bits per heavy atom. The molecule has 0 aromatic rings. The Labute approximate surface area is 88.1 Å². The molecular formula is C10H10LiSi+. The number of hydrogen-bond acceptors (Lipinski definition) is 0. The molecule has 0 aromatic carbocycles. The molecule has 0 atom stereocenters. The summed E-state index contributed by atoms with van der Waals surface area (Å²) in [7, 11) is 0.937. The van der Waals surface area contributed by atoms with E-state index in [4.69, 9.17) is 0 Å². The summed E-state index contributed by atoms with van der Waals surface area (Å²) in [6, 6.07) is 0. The first-order chi connectivity index (χ1) is 5.45. The molecule has 0 fully saturated rings. The van der Waals surface area contributed by atoms with Crippen LogP contribution in [0, 0.1) is 0 Å². The van der Waals surface area contributed by atoms with Crippen LogP contribution in [-0.4, -0.2) is 9.52 Å². The molecule has 2 radical (unpaired) electrons. The average molecular weight is 165 g/mol. The van der Waals surface area contributed by atoms with Crippen molar-refractivity contribution in [1.82, 2.24) is 0 Å². The van der Waals surface area contributed by atoms with Crippen LogP contribution < -0.4 is 18.9 Å². The van der Waals surface area contributed by atoms with Crippen molar-refractivity contribution >= 4 is 9.52 Å². The molecule has 0 saturated heterocycles. The molecule has 54 valence electrons. The topological polar surface area (TPSA) is 0 Å². The Balaban J connectivity index is 0.000000720. The smallest absolute Gasteiger partial charge is 0.0809 e. The van der Waals surface area contributed by atoms with E-state index in [-0.39, 0.29) is 18.9 Å². The number of allylic oxidation sites excluding steroid dienone is 8. The van der Waals surface area contributed by atoms with Crippen molar-refractivity contribution < 1.29 is 18.9 Å². The van der Waals surface area contributed by atoms with Gasteiger partial charge in [0.15, 0.2) is 0 Å². The molecule has 0 heterocycles. The fraction of sp³-hybridized carbons (Fsp3) is 0.200. The second-order valence-electron chi connectivity index (χ2n) is 2.77. The Morgan fingerprint density at radius 3 is 1.75 bits per heavy atom. The molecule has 0 aliphatic heterocycles. The fourth-order valence-electron chi connectivity index (χ4n) is 1.29. The zero-order chi connectivity index (χ0) is 7.52. The summed E-state index contributed by atoms with van der Waals surface area (Å²) >= 11 is 0. The van der Waals surface area contributed by atoms with Crippen molar-refractivity contribution in [3.05, 3.63) is 46.8 Å². The van der Waals surface area contributed by atoms with Gasteiger partial charge in [0.25, 0.3) is 0 Å². The fourth-order valence-corrected chi connectivity index (χ4v) is 2.50. The summed E-state index contributed by atoms with van der Waals surface area (Å²) in [6.45, 7) is 0. The molecule has 0 spiro atoms. The Hall–Kier alpha value is -0.226. The standard InChI is InChI=1S/C10H10Si.Li/c1-2-6-9(5-1)11-10-7-3-4-8-10;/h1-5,7H,6,8H2;/q;+1. The average Bonchev–Trinajstić information content (AvgIpc) is 2.60. The largest absolute Gasteiger partial charge is 1.00 e. The van der Waals surface area contributed by atoms with E-state index in [9.17, 15) is 0 Å². The van der Waals surface area contributed by atoms with Gasteiger partial charge in [-0.1, -0.05) is 46.8 Å². The minimum Gasteiger partial charge on any atom is -0.0809 e. The molecule has 0 amide bonds. The summed E-state index contributed by atoms with van der Waals surface area (Å²) in [4.78, 5) is 0. The van der Waals surface area contributed by atoms with Crippen LogP contribution in [0.3, 0.4) is 0 Å². The predicted molar refractivity (Wildman–Crippen MR) is 49.4 cm³/mol. The van der Waals surface area contributed by atoms with Crippen molar-refractivity contribution in [2.75, 3.05) is 0 Å². The number of hydrogen-bond donors (Lipinski definition) is 0. The predicted octanol–water partition coefficient (Wildman–Crippen LogP) is -0.618. The van der Waals surface area contributed by atoms with Crippen LogP contribution in [-0.2, 0) is 0 Å². The zero-order valence-corrected chi connectivity index (χ0v) is 8.38. The third-order valence-corrected chi connectivity index (χ3v) is 3.25. The van der Waals surface area contributed by atoms with Gasteiger partial charge in [0.2, 0.25) is 0 Å².